The number of aromatic nitrogens is 4. The lowest BCUT2D eigenvalue weighted by atomic mass is 9.99. The van der Waals surface area contributed by atoms with Crippen LogP contribution in [0.1, 0.15) is 27.2 Å². The Hall–Kier alpha value is -3.99. The number of morpholine rings is 1. The Labute approximate surface area is 204 Å². The Morgan fingerprint density at radius 2 is 1.78 bits per heavy atom. The third-order valence-electron chi connectivity index (χ3n) is 6.22. The minimum atomic E-state index is -4.56. The largest absolute Gasteiger partial charge is 0.417 e. The second-order valence-corrected chi connectivity index (χ2v) is 8.46. The highest BCUT2D eigenvalue weighted by molar-refractivity contribution is 6.03. The number of amides is 1. The molecule has 0 spiro atoms. The van der Waals surface area contributed by atoms with Crippen molar-refractivity contribution < 1.29 is 22.7 Å². The predicted octanol–water partition coefficient (Wildman–Crippen LogP) is 4.52. The first-order valence-electron chi connectivity index (χ1n) is 11.4. The van der Waals surface area contributed by atoms with E-state index in [1.54, 1.807) is 26.0 Å². The number of halogens is 3. The van der Waals surface area contributed by atoms with E-state index in [0.717, 1.165) is 6.07 Å². The van der Waals surface area contributed by atoms with Gasteiger partial charge in [-0.3, -0.25) is 4.79 Å². The first kappa shape index (κ1) is 23.7. The number of ether oxygens (including phenoxy) is 1. The third kappa shape index (κ3) is 4.37. The maximum atomic E-state index is 13.7. The quantitative estimate of drug-likeness (QED) is 0.448. The Kier molecular flexibility index (Phi) is 6.09. The van der Waals surface area contributed by atoms with Gasteiger partial charge >= 0.3 is 6.18 Å². The summed E-state index contributed by atoms with van der Waals surface area (Å²) in [5.74, 6) is 0.523. The van der Waals surface area contributed by atoms with E-state index in [-0.39, 0.29) is 17.0 Å². The second kappa shape index (κ2) is 9.23. The number of alkyl halides is 3. The fraction of sp³-hybridized carbons (Fsp3) is 0.280. The van der Waals surface area contributed by atoms with Crippen LogP contribution in [0.5, 0.6) is 0 Å². The highest BCUT2D eigenvalue weighted by Crippen LogP contribution is 2.38. The van der Waals surface area contributed by atoms with Gasteiger partial charge in [0.15, 0.2) is 11.3 Å². The topological polar surface area (TPSA) is 84.7 Å². The van der Waals surface area contributed by atoms with Crippen LogP contribution >= 0.6 is 0 Å². The van der Waals surface area contributed by atoms with Crippen LogP contribution in [0.2, 0.25) is 0 Å². The van der Waals surface area contributed by atoms with Crippen LogP contribution in [-0.2, 0) is 10.9 Å². The number of benzene rings is 1. The zero-order valence-electron chi connectivity index (χ0n) is 19.6. The number of rotatable bonds is 4. The van der Waals surface area contributed by atoms with Crippen molar-refractivity contribution in [2.24, 2.45) is 0 Å². The SMILES string of the molecule is Cc1c(-c2ccccc2C(F)(F)F)nn2c(C(=O)Nc3cccc(N4CCOCC4)n3)cnc2c1C. The summed E-state index contributed by atoms with van der Waals surface area (Å²) in [5.41, 5.74) is 0.924. The van der Waals surface area contributed by atoms with Crippen LogP contribution in [0.25, 0.3) is 16.9 Å². The maximum Gasteiger partial charge on any atom is 0.417 e. The number of aryl methyl sites for hydroxylation is 1. The van der Waals surface area contributed by atoms with Gasteiger partial charge in [0.2, 0.25) is 0 Å². The molecule has 1 aliphatic rings. The van der Waals surface area contributed by atoms with E-state index in [9.17, 15) is 18.0 Å². The number of pyridine rings is 1. The molecule has 36 heavy (non-hydrogen) atoms. The van der Waals surface area contributed by atoms with Gasteiger partial charge in [0.05, 0.1) is 30.7 Å². The van der Waals surface area contributed by atoms with E-state index in [4.69, 9.17) is 4.74 Å². The number of carbonyl (C=O) groups excluding carboxylic acids is 1. The standard InChI is InChI=1S/C25H23F3N6O2/c1-15-16(2)23-29-14-19(34(23)32-22(15)17-6-3-4-7-18(17)25(26,27)28)24(35)31-20-8-5-9-21(30-20)33-10-12-36-13-11-33/h3-9,14H,10-13H2,1-2H3,(H,30,31,35). The molecule has 4 aromatic rings. The highest BCUT2D eigenvalue weighted by Gasteiger charge is 2.34. The molecular weight excluding hydrogens is 473 g/mol. The van der Waals surface area contributed by atoms with Gasteiger partial charge in [-0.2, -0.15) is 18.3 Å². The molecule has 0 atom stereocenters. The van der Waals surface area contributed by atoms with E-state index in [1.807, 2.05) is 6.07 Å². The summed E-state index contributed by atoms with van der Waals surface area (Å²) >= 11 is 0. The summed E-state index contributed by atoms with van der Waals surface area (Å²) in [6.07, 6.45) is -3.20. The van der Waals surface area contributed by atoms with E-state index >= 15 is 0 Å². The molecule has 1 aliphatic heterocycles. The van der Waals surface area contributed by atoms with Crippen LogP contribution in [-0.4, -0.2) is 51.8 Å². The van der Waals surface area contributed by atoms with E-state index < -0.39 is 17.6 Å². The Bertz CT molecular complexity index is 1440. The van der Waals surface area contributed by atoms with Crippen molar-refractivity contribution in [3.8, 4) is 11.3 Å². The molecular formula is C25H23F3N6O2. The van der Waals surface area contributed by atoms with Crippen molar-refractivity contribution in [3.63, 3.8) is 0 Å². The van der Waals surface area contributed by atoms with Crippen LogP contribution in [0.15, 0.2) is 48.7 Å². The Morgan fingerprint density at radius 3 is 2.53 bits per heavy atom. The summed E-state index contributed by atoms with van der Waals surface area (Å²) in [4.78, 5) is 24.1. The predicted molar refractivity (Wildman–Crippen MR) is 128 cm³/mol. The van der Waals surface area contributed by atoms with Gasteiger partial charge in [0.1, 0.15) is 11.6 Å². The van der Waals surface area contributed by atoms with Crippen LogP contribution < -0.4 is 10.2 Å². The van der Waals surface area contributed by atoms with Gasteiger partial charge in [0.25, 0.3) is 5.91 Å². The summed E-state index contributed by atoms with van der Waals surface area (Å²) in [5, 5.41) is 7.20. The lowest BCUT2D eigenvalue weighted by molar-refractivity contribution is -0.137. The zero-order chi connectivity index (χ0) is 25.4. The number of nitrogens with one attached hydrogen (secondary N) is 1. The molecule has 1 amide bonds. The fourth-order valence-corrected chi connectivity index (χ4v) is 4.21. The molecule has 1 saturated heterocycles. The van der Waals surface area contributed by atoms with Crippen molar-refractivity contribution in [2.75, 3.05) is 36.5 Å². The number of anilines is 2. The molecule has 11 heteroatoms. The number of nitrogens with zero attached hydrogens (tertiary/aromatic N) is 5. The Balaban J connectivity index is 1.52. The fourth-order valence-electron chi connectivity index (χ4n) is 4.21. The molecule has 3 aromatic heterocycles. The number of hydrogen-bond acceptors (Lipinski definition) is 6. The molecule has 8 nitrogen and oxygen atoms in total. The highest BCUT2D eigenvalue weighted by atomic mass is 19.4. The van der Waals surface area contributed by atoms with Crippen LogP contribution in [0.4, 0.5) is 24.8 Å². The third-order valence-corrected chi connectivity index (χ3v) is 6.22. The van der Waals surface area contributed by atoms with Crippen molar-refractivity contribution in [2.45, 2.75) is 20.0 Å². The van der Waals surface area contributed by atoms with E-state index in [1.165, 1.54) is 28.9 Å². The van der Waals surface area contributed by atoms with Gasteiger partial charge < -0.3 is 15.0 Å². The normalized spacial score (nSPS) is 14.3. The number of fused-ring (bicyclic) bond motifs is 1. The first-order chi connectivity index (χ1) is 17.2. The number of imidazole rings is 1. The number of hydrogen-bond donors (Lipinski definition) is 1. The molecule has 186 valence electrons. The maximum absolute atomic E-state index is 13.7. The second-order valence-electron chi connectivity index (χ2n) is 8.46. The van der Waals surface area contributed by atoms with Crippen molar-refractivity contribution in [1.82, 2.24) is 19.6 Å². The van der Waals surface area contributed by atoms with Crippen molar-refractivity contribution in [3.05, 3.63) is 71.0 Å². The molecule has 4 heterocycles. The van der Waals surface area contributed by atoms with Crippen molar-refractivity contribution >= 4 is 23.2 Å². The zero-order valence-corrected chi connectivity index (χ0v) is 19.6. The minimum absolute atomic E-state index is 0.0626. The van der Waals surface area contributed by atoms with Gasteiger partial charge in [0, 0.05) is 18.7 Å². The molecule has 1 aromatic carbocycles. The van der Waals surface area contributed by atoms with Gasteiger partial charge in [-0.25, -0.2) is 14.5 Å². The molecule has 0 saturated carbocycles. The lowest BCUT2D eigenvalue weighted by Crippen LogP contribution is -2.36. The lowest BCUT2D eigenvalue weighted by Gasteiger charge is -2.27. The van der Waals surface area contributed by atoms with Gasteiger partial charge in [-0.1, -0.05) is 24.3 Å². The van der Waals surface area contributed by atoms with Crippen LogP contribution in [0, 0.1) is 13.8 Å². The average Bonchev–Trinajstić information content (AvgIpc) is 3.31. The smallest absolute Gasteiger partial charge is 0.378 e. The summed E-state index contributed by atoms with van der Waals surface area (Å²) in [6, 6.07) is 10.6. The minimum Gasteiger partial charge on any atom is -0.378 e. The Morgan fingerprint density at radius 1 is 1.03 bits per heavy atom. The first-order valence-corrected chi connectivity index (χ1v) is 11.4. The van der Waals surface area contributed by atoms with E-state index in [2.05, 4.69) is 25.3 Å². The summed E-state index contributed by atoms with van der Waals surface area (Å²) < 4.78 is 47.8. The molecule has 0 bridgehead atoms. The molecule has 0 aliphatic carbocycles. The number of carbonyl (C=O) groups is 1. The molecule has 1 fully saturated rings. The molecule has 0 radical (unpaired) electrons. The van der Waals surface area contributed by atoms with Gasteiger partial charge in [-0.05, 0) is 43.2 Å². The van der Waals surface area contributed by atoms with Gasteiger partial charge in [-0.15, -0.1) is 0 Å². The van der Waals surface area contributed by atoms with Crippen molar-refractivity contribution in [1.29, 1.82) is 0 Å². The summed E-state index contributed by atoms with van der Waals surface area (Å²) in [6.45, 7) is 6.04. The monoisotopic (exact) mass is 496 g/mol. The summed E-state index contributed by atoms with van der Waals surface area (Å²) in [7, 11) is 0. The van der Waals surface area contributed by atoms with Crippen LogP contribution in [0.3, 0.4) is 0 Å². The van der Waals surface area contributed by atoms with E-state index in [0.29, 0.717) is 54.7 Å². The molecule has 0 unspecified atom stereocenters. The molecule has 1 N–H and O–H groups in total. The average molecular weight is 496 g/mol. The molecule has 5 rings (SSSR count).